The molecule has 3 atom stereocenters. The molecule has 0 radical (unpaired) electrons. The molecule has 0 spiro atoms. The quantitative estimate of drug-likeness (QED) is 0.775. The summed E-state index contributed by atoms with van der Waals surface area (Å²) in [5, 5.41) is 12.4. The van der Waals surface area contributed by atoms with E-state index in [1.54, 1.807) is 12.0 Å². The molecule has 2 aliphatic heterocycles. The van der Waals surface area contributed by atoms with Crippen molar-refractivity contribution >= 4 is 12.0 Å². The molecule has 0 saturated carbocycles. The molecule has 7 nitrogen and oxygen atoms in total. The fourth-order valence-corrected chi connectivity index (χ4v) is 3.29. The van der Waals surface area contributed by atoms with Crippen LogP contribution in [0.5, 0.6) is 0 Å². The Morgan fingerprint density at radius 3 is 2.76 bits per heavy atom. The van der Waals surface area contributed by atoms with Crippen molar-refractivity contribution in [2.45, 2.75) is 31.4 Å². The van der Waals surface area contributed by atoms with Crippen molar-refractivity contribution in [2.24, 2.45) is 5.92 Å². The van der Waals surface area contributed by atoms with E-state index in [-0.39, 0.29) is 12.1 Å². The number of nitrogens with zero attached hydrogens (tertiary/aromatic N) is 2. The maximum absolute atomic E-state index is 12.6. The van der Waals surface area contributed by atoms with Gasteiger partial charge in [0.25, 0.3) is 0 Å². The number of piperidine rings is 1. The first-order valence-electron chi connectivity index (χ1n) is 7.52. The molecule has 2 heterocycles. The summed E-state index contributed by atoms with van der Waals surface area (Å²) in [5.41, 5.74) is 0. The summed E-state index contributed by atoms with van der Waals surface area (Å²) < 4.78 is 5.23. The lowest BCUT2D eigenvalue weighted by atomic mass is 9.98. The summed E-state index contributed by atoms with van der Waals surface area (Å²) in [6.07, 6.45) is 2.25. The highest BCUT2D eigenvalue weighted by molar-refractivity contribution is 5.83. The lowest BCUT2D eigenvalue weighted by Gasteiger charge is -2.36. The van der Waals surface area contributed by atoms with E-state index in [2.05, 4.69) is 5.32 Å². The molecule has 2 amide bonds. The summed E-state index contributed by atoms with van der Waals surface area (Å²) >= 11 is 0. The number of carboxylic acids is 1. The van der Waals surface area contributed by atoms with Gasteiger partial charge in [0.2, 0.25) is 0 Å². The summed E-state index contributed by atoms with van der Waals surface area (Å²) in [6.45, 7) is 2.64. The van der Waals surface area contributed by atoms with Crippen molar-refractivity contribution in [1.82, 2.24) is 15.1 Å². The van der Waals surface area contributed by atoms with E-state index < -0.39 is 12.0 Å². The number of hydrogen-bond acceptors (Lipinski definition) is 4. The number of hydrogen-bond donors (Lipinski definition) is 2. The molecular weight excluding hydrogens is 274 g/mol. The maximum Gasteiger partial charge on any atom is 0.326 e. The number of urea groups is 1. The first kappa shape index (κ1) is 16.0. The predicted molar refractivity (Wildman–Crippen MR) is 77.2 cm³/mol. The standard InChI is InChI=1S/C14H25N3O4/c1-15-7-10-4-3-5-16(8-10)14(20)17-9-11(21-2)6-12(17)13(18)19/h10-12,15H,3-9H2,1-2H3,(H,18,19). The van der Waals surface area contributed by atoms with E-state index in [1.165, 1.54) is 4.90 Å². The van der Waals surface area contributed by atoms with E-state index in [9.17, 15) is 14.7 Å². The van der Waals surface area contributed by atoms with Gasteiger partial charge in [0, 0.05) is 33.2 Å². The van der Waals surface area contributed by atoms with Gasteiger partial charge < -0.3 is 25.0 Å². The molecule has 120 valence electrons. The van der Waals surface area contributed by atoms with Gasteiger partial charge in [-0.1, -0.05) is 0 Å². The van der Waals surface area contributed by atoms with Crippen LogP contribution in [0.2, 0.25) is 0 Å². The van der Waals surface area contributed by atoms with Crippen molar-refractivity contribution in [3.8, 4) is 0 Å². The van der Waals surface area contributed by atoms with Crippen molar-refractivity contribution in [3.05, 3.63) is 0 Å². The molecular formula is C14H25N3O4. The largest absolute Gasteiger partial charge is 0.480 e. The Labute approximate surface area is 125 Å². The van der Waals surface area contributed by atoms with E-state index in [0.717, 1.165) is 19.4 Å². The molecule has 2 N–H and O–H groups in total. The Morgan fingerprint density at radius 1 is 1.38 bits per heavy atom. The molecule has 2 aliphatic rings. The lowest BCUT2D eigenvalue weighted by molar-refractivity contribution is -0.141. The van der Waals surface area contributed by atoms with Crippen LogP contribution in [0.25, 0.3) is 0 Å². The second kappa shape index (κ2) is 7.09. The normalized spacial score (nSPS) is 29.7. The zero-order valence-electron chi connectivity index (χ0n) is 12.7. The molecule has 2 saturated heterocycles. The fraction of sp³-hybridized carbons (Fsp3) is 0.857. The monoisotopic (exact) mass is 299 g/mol. The zero-order chi connectivity index (χ0) is 15.4. The van der Waals surface area contributed by atoms with E-state index >= 15 is 0 Å². The molecule has 0 aromatic carbocycles. The number of carbonyl (C=O) groups excluding carboxylic acids is 1. The highest BCUT2D eigenvalue weighted by Crippen LogP contribution is 2.24. The van der Waals surface area contributed by atoms with Gasteiger partial charge in [-0.25, -0.2) is 9.59 Å². The van der Waals surface area contributed by atoms with Gasteiger partial charge in [0.05, 0.1) is 6.10 Å². The average molecular weight is 299 g/mol. The van der Waals surface area contributed by atoms with Crippen LogP contribution in [0.1, 0.15) is 19.3 Å². The minimum Gasteiger partial charge on any atom is -0.480 e. The Hall–Kier alpha value is -1.34. The number of ether oxygens (including phenoxy) is 1. The predicted octanol–water partition coefficient (Wildman–Crippen LogP) is 0.212. The van der Waals surface area contributed by atoms with Crippen LogP contribution in [0, 0.1) is 5.92 Å². The SMILES string of the molecule is CNCC1CCCN(C(=O)N2CC(OC)CC2C(=O)O)C1. The van der Waals surface area contributed by atoms with Gasteiger partial charge >= 0.3 is 12.0 Å². The van der Waals surface area contributed by atoms with Crippen LogP contribution in [0.4, 0.5) is 4.79 Å². The number of amides is 2. The molecule has 0 bridgehead atoms. The topological polar surface area (TPSA) is 82.1 Å². The molecule has 21 heavy (non-hydrogen) atoms. The molecule has 0 aromatic rings. The van der Waals surface area contributed by atoms with Crippen molar-refractivity contribution < 1.29 is 19.4 Å². The molecule has 0 aromatic heterocycles. The Bertz CT molecular complexity index is 388. The second-order valence-corrected chi connectivity index (χ2v) is 5.89. The third-order valence-corrected chi connectivity index (χ3v) is 4.41. The third-order valence-electron chi connectivity index (χ3n) is 4.41. The minimum atomic E-state index is -0.952. The highest BCUT2D eigenvalue weighted by atomic mass is 16.5. The fourth-order valence-electron chi connectivity index (χ4n) is 3.29. The van der Waals surface area contributed by atoms with Crippen molar-refractivity contribution in [2.75, 3.05) is 40.3 Å². The highest BCUT2D eigenvalue weighted by Gasteiger charge is 2.42. The van der Waals surface area contributed by atoms with Crippen LogP contribution in [0.15, 0.2) is 0 Å². The Kier molecular flexibility index (Phi) is 5.41. The number of methoxy groups -OCH3 is 1. The second-order valence-electron chi connectivity index (χ2n) is 5.89. The number of carbonyl (C=O) groups is 2. The van der Waals surface area contributed by atoms with Crippen LogP contribution >= 0.6 is 0 Å². The third kappa shape index (κ3) is 3.65. The lowest BCUT2D eigenvalue weighted by Crippen LogP contribution is -2.51. The number of aliphatic carboxylic acids is 1. The number of likely N-dealkylation sites (tertiary alicyclic amines) is 2. The van der Waals surface area contributed by atoms with Crippen LogP contribution in [-0.2, 0) is 9.53 Å². The summed E-state index contributed by atoms with van der Waals surface area (Å²) in [5.74, 6) is -0.511. The van der Waals surface area contributed by atoms with Crippen LogP contribution in [-0.4, -0.2) is 79.4 Å². The molecule has 3 unspecified atom stereocenters. The van der Waals surface area contributed by atoms with E-state index in [0.29, 0.717) is 32.0 Å². The molecule has 7 heteroatoms. The van der Waals surface area contributed by atoms with Gasteiger partial charge in [-0.05, 0) is 32.4 Å². The van der Waals surface area contributed by atoms with Gasteiger partial charge in [0.15, 0.2) is 0 Å². The summed E-state index contributed by atoms with van der Waals surface area (Å²) in [7, 11) is 3.46. The Balaban J connectivity index is 2.02. The van der Waals surface area contributed by atoms with Crippen molar-refractivity contribution in [1.29, 1.82) is 0 Å². The first-order chi connectivity index (χ1) is 10.1. The average Bonchev–Trinajstić information content (AvgIpc) is 2.91. The van der Waals surface area contributed by atoms with Crippen molar-refractivity contribution in [3.63, 3.8) is 0 Å². The maximum atomic E-state index is 12.6. The van der Waals surface area contributed by atoms with Crippen LogP contribution < -0.4 is 5.32 Å². The zero-order valence-corrected chi connectivity index (χ0v) is 12.7. The number of rotatable bonds is 4. The summed E-state index contributed by atoms with van der Waals surface area (Å²) in [6, 6.07) is -0.935. The van der Waals surface area contributed by atoms with E-state index in [1.807, 2.05) is 7.05 Å². The van der Waals surface area contributed by atoms with Gasteiger partial charge in [-0.2, -0.15) is 0 Å². The minimum absolute atomic E-state index is 0.164. The van der Waals surface area contributed by atoms with Gasteiger partial charge in [-0.3, -0.25) is 0 Å². The molecule has 2 rings (SSSR count). The first-order valence-corrected chi connectivity index (χ1v) is 7.52. The summed E-state index contributed by atoms with van der Waals surface area (Å²) in [4.78, 5) is 27.2. The number of carboxylic acid groups (broad SMARTS) is 1. The number of nitrogens with one attached hydrogen (secondary N) is 1. The molecule has 0 aliphatic carbocycles. The Morgan fingerprint density at radius 2 is 2.14 bits per heavy atom. The molecule has 2 fully saturated rings. The smallest absolute Gasteiger partial charge is 0.326 e. The van der Waals surface area contributed by atoms with E-state index in [4.69, 9.17) is 4.74 Å². The van der Waals surface area contributed by atoms with Gasteiger partial charge in [0.1, 0.15) is 6.04 Å². The van der Waals surface area contributed by atoms with Gasteiger partial charge in [-0.15, -0.1) is 0 Å². The van der Waals surface area contributed by atoms with Crippen LogP contribution in [0.3, 0.4) is 0 Å².